The molecule has 0 spiro atoms. The molecule has 2 nitrogen and oxygen atoms in total. The predicted molar refractivity (Wildman–Crippen MR) is 82.7 cm³/mol. The lowest BCUT2D eigenvalue weighted by atomic mass is 9.90. The molecule has 0 aliphatic rings. The molecule has 0 aliphatic heterocycles. The number of aryl methyl sites for hydroxylation is 2. The second-order valence-electron chi connectivity index (χ2n) is 4.78. The third-order valence-electron chi connectivity index (χ3n) is 3.38. The van der Waals surface area contributed by atoms with Crippen molar-refractivity contribution in [2.24, 2.45) is 0 Å². The molecule has 2 rings (SSSR count). The number of benzene rings is 2. The van der Waals surface area contributed by atoms with Crippen molar-refractivity contribution < 1.29 is 4.79 Å². The van der Waals surface area contributed by atoms with Crippen LogP contribution in [0.3, 0.4) is 0 Å². The third-order valence-corrected chi connectivity index (χ3v) is 3.91. The lowest BCUT2D eigenvalue weighted by molar-refractivity contribution is 0.0979. The van der Waals surface area contributed by atoms with E-state index in [2.05, 4.69) is 22.0 Å². The van der Waals surface area contributed by atoms with Crippen LogP contribution in [0.15, 0.2) is 46.9 Å². The van der Waals surface area contributed by atoms with Gasteiger partial charge in [-0.25, -0.2) is 0 Å². The van der Waals surface area contributed by atoms with Gasteiger partial charge < -0.3 is 0 Å². The highest BCUT2D eigenvalue weighted by molar-refractivity contribution is 9.10. The topological polar surface area (TPSA) is 40.9 Å². The molecule has 1 unspecified atom stereocenters. The lowest BCUT2D eigenvalue weighted by Gasteiger charge is -2.11. The molecule has 0 saturated carbocycles. The highest BCUT2D eigenvalue weighted by Crippen LogP contribution is 2.23. The van der Waals surface area contributed by atoms with Crippen LogP contribution in [-0.2, 0) is 0 Å². The molecule has 3 heteroatoms. The van der Waals surface area contributed by atoms with Crippen LogP contribution in [0.2, 0.25) is 0 Å². The maximum Gasteiger partial charge on any atom is 0.184 e. The summed E-state index contributed by atoms with van der Waals surface area (Å²) in [6, 6.07) is 14.9. The maximum absolute atomic E-state index is 12.4. The molecule has 20 heavy (non-hydrogen) atoms. The normalized spacial score (nSPS) is 11.7. The van der Waals surface area contributed by atoms with Gasteiger partial charge in [0.2, 0.25) is 0 Å². The van der Waals surface area contributed by atoms with Gasteiger partial charge in [0.15, 0.2) is 5.78 Å². The second-order valence-corrected chi connectivity index (χ2v) is 5.69. The average Bonchev–Trinajstić information content (AvgIpc) is 2.44. The smallest absolute Gasteiger partial charge is 0.184 e. The quantitative estimate of drug-likeness (QED) is 0.775. The van der Waals surface area contributed by atoms with Gasteiger partial charge in [0, 0.05) is 10.0 Å². The number of nitrogens with zero attached hydrogens (tertiary/aromatic N) is 1. The zero-order valence-electron chi connectivity index (χ0n) is 11.4. The van der Waals surface area contributed by atoms with Gasteiger partial charge in [-0.15, -0.1) is 0 Å². The summed E-state index contributed by atoms with van der Waals surface area (Å²) in [7, 11) is 0. The average molecular weight is 328 g/mol. The van der Waals surface area contributed by atoms with Gasteiger partial charge in [-0.3, -0.25) is 4.79 Å². The molecule has 1 atom stereocenters. The summed E-state index contributed by atoms with van der Waals surface area (Å²) >= 11 is 3.33. The van der Waals surface area contributed by atoms with Crippen LogP contribution >= 0.6 is 15.9 Å². The standard InChI is InChI=1S/C17H14BrNO/c1-11-3-4-14(9-12(11)2)16(10-19)17(20)13-5-7-15(18)8-6-13/h3-9,16H,1-2H3. The Morgan fingerprint density at radius 1 is 1.10 bits per heavy atom. The number of carbonyl (C=O) groups excluding carboxylic acids is 1. The first kappa shape index (κ1) is 14.5. The summed E-state index contributed by atoms with van der Waals surface area (Å²) in [6.07, 6.45) is 0. The number of hydrogen-bond donors (Lipinski definition) is 0. The molecule has 0 amide bonds. The number of carbonyl (C=O) groups is 1. The van der Waals surface area contributed by atoms with Crippen LogP contribution in [0.1, 0.15) is 33.0 Å². The molecule has 0 aromatic heterocycles. The van der Waals surface area contributed by atoms with E-state index in [1.807, 2.05) is 44.2 Å². The minimum Gasteiger partial charge on any atom is -0.292 e. The van der Waals surface area contributed by atoms with Gasteiger partial charge in [0.1, 0.15) is 5.92 Å². The van der Waals surface area contributed by atoms with Gasteiger partial charge in [-0.05, 0) is 42.7 Å². The van der Waals surface area contributed by atoms with Crippen LogP contribution in [0.4, 0.5) is 0 Å². The van der Waals surface area contributed by atoms with Gasteiger partial charge in [0.05, 0.1) is 6.07 Å². The molecule has 2 aromatic carbocycles. The van der Waals surface area contributed by atoms with E-state index < -0.39 is 5.92 Å². The fourth-order valence-corrected chi connectivity index (χ4v) is 2.27. The van der Waals surface area contributed by atoms with Crippen molar-refractivity contribution in [1.82, 2.24) is 0 Å². The number of nitriles is 1. The Bertz CT molecular complexity index is 683. The molecular weight excluding hydrogens is 314 g/mol. The number of hydrogen-bond acceptors (Lipinski definition) is 2. The first-order valence-corrected chi connectivity index (χ1v) is 7.09. The monoisotopic (exact) mass is 327 g/mol. The van der Waals surface area contributed by atoms with Crippen molar-refractivity contribution in [3.05, 3.63) is 69.2 Å². The summed E-state index contributed by atoms with van der Waals surface area (Å²) in [5, 5.41) is 9.35. The fourth-order valence-electron chi connectivity index (χ4n) is 2.01. The number of Topliss-reactive ketones (excluding diaryl/α,β-unsaturated/α-hetero) is 1. The van der Waals surface area contributed by atoms with E-state index >= 15 is 0 Å². The highest BCUT2D eigenvalue weighted by Gasteiger charge is 2.21. The van der Waals surface area contributed by atoms with Crippen LogP contribution in [-0.4, -0.2) is 5.78 Å². The van der Waals surface area contributed by atoms with Crippen molar-refractivity contribution in [3.63, 3.8) is 0 Å². The Morgan fingerprint density at radius 3 is 2.30 bits per heavy atom. The molecule has 0 radical (unpaired) electrons. The summed E-state index contributed by atoms with van der Waals surface area (Å²) in [4.78, 5) is 12.4. The molecule has 2 aromatic rings. The highest BCUT2D eigenvalue weighted by atomic mass is 79.9. The molecule has 0 bridgehead atoms. The van der Waals surface area contributed by atoms with Crippen LogP contribution in [0.25, 0.3) is 0 Å². The fraction of sp³-hybridized carbons (Fsp3) is 0.176. The van der Waals surface area contributed by atoms with E-state index in [0.717, 1.165) is 21.2 Å². The zero-order chi connectivity index (χ0) is 14.7. The van der Waals surface area contributed by atoms with E-state index in [-0.39, 0.29) is 5.78 Å². The Labute approximate surface area is 127 Å². The van der Waals surface area contributed by atoms with E-state index in [0.29, 0.717) is 5.56 Å². The first-order chi connectivity index (χ1) is 9.52. The summed E-state index contributed by atoms with van der Waals surface area (Å²) in [6.45, 7) is 3.99. The van der Waals surface area contributed by atoms with Crippen LogP contribution in [0.5, 0.6) is 0 Å². The Morgan fingerprint density at radius 2 is 1.75 bits per heavy atom. The number of halogens is 1. The lowest BCUT2D eigenvalue weighted by Crippen LogP contribution is -2.11. The van der Waals surface area contributed by atoms with Gasteiger partial charge in [-0.1, -0.05) is 46.3 Å². The van der Waals surface area contributed by atoms with E-state index in [1.165, 1.54) is 0 Å². The molecule has 0 fully saturated rings. The van der Waals surface area contributed by atoms with E-state index in [9.17, 15) is 10.1 Å². The SMILES string of the molecule is Cc1ccc(C(C#N)C(=O)c2ccc(Br)cc2)cc1C. The van der Waals surface area contributed by atoms with Crippen molar-refractivity contribution in [2.45, 2.75) is 19.8 Å². The van der Waals surface area contributed by atoms with Crippen molar-refractivity contribution in [2.75, 3.05) is 0 Å². The van der Waals surface area contributed by atoms with Crippen LogP contribution in [0, 0.1) is 25.2 Å². The van der Waals surface area contributed by atoms with Crippen molar-refractivity contribution in [1.29, 1.82) is 5.26 Å². The predicted octanol–water partition coefficient (Wildman–Crippen LogP) is 4.56. The Kier molecular flexibility index (Phi) is 4.36. The minimum atomic E-state index is -0.754. The zero-order valence-corrected chi connectivity index (χ0v) is 12.9. The summed E-state index contributed by atoms with van der Waals surface area (Å²) in [5.74, 6) is -0.918. The molecule has 0 saturated heterocycles. The van der Waals surface area contributed by atoms with Crippen molar-refractivity contribution in [3.8, 4) is 6.07 Å². The van der Waals surface area contributed by atoms with E-state index in [4.69, 9.17) is 0 Å². The van der Waals surface area contributed by atoms with Gasteiger partial charge in [0.25, 0.3) is 0 Å². The summed E-state index contributed by atoms with van der Waals surface area (Å²) in [5.41, 5.74) is 3.55. The van der Waals surface area contributed by atoms with Gasteiger partial charge in [-0.2, -0.15) is 5.26 Å². The Balaban J connectivity index is 2.37. The maximum atomic E-state index is 12.4. The van der Waals surface area contributed by atoms with E-state index in [1.54, 1.807) is 12.1 Å². The molecular formula is C17H14BrNO. The molecule has 100 valence electrons. The molecule has 0 N–H and O–H groups in total. The Hall–Kier alpha value is -1.92. The summed E-state index contributed by atoms with van der Waals surface area (Å²) < 4.78 is 0.911. The molecule has 0 heterocycles. The van der Waals surface area contributed by atoms with Gasteiger partial charge >= 0.3 is 0 Å². The first-order valence-electron chi connectivity index (χ1n) is 6.29. The molecule has 0 aliphatic carbocycles. The van der Waals surface area contributed by atoms with Crippen molar-refractivity contribution >= 4 is 21.7 Å². The number of ketones is 1. The number of rotatable bonds is 3. The third kappa shape index (κ3) is 2.97. The van der Waals surface area contributed by atoms with Crippen LogP contribution < -0.4 is 0 Å². The largest absolute Gasteiger partial charge is 0.292 e. The minimum absolute atomic E-state index is 0.164. The second kappa shape index (κ2) is 6.02.